The van der Waals surface area contributed by atoms with E-state index in [1.54, 1.807) is 12.3 Å². The van der Waals surface area contributed by atoms with Crippen molar-refractivity contribution in [3.05, 3.63) is 35.8 Å². The summed E-state index contributed by atoms with van der Waals surface area (Å²) in [4.78, 5) is 14.4. The van der Waals surface area contributed by atoms with Gasteiger partial charge in [-0.1, -0.05) is 6.57 Å². The monoisotopic (exact) mass is 238 g/mol. The Balaban J connectivity index is 2.01. The van der Waals surface area contributed by atoms with Crippen molar-refractivity contribution in [2.75, 3.05) is 18.0 Å². The minimum Gasteiger partial charge on any atom is -0.361 e. The molecule has 3 rings (SSSR count). The van der Waals surface area contributed by atoms with Crippen LogP contribution in [0.5, 0.6) is 0 Å². The van der Waals surface area contributed by atoms with Gasteiger partial charge in [0.2, 0.25) is 0 Å². The normalized spacial score (nSPS) is 15.6. The highest BCUT2D eigenvalue weighted by atomic mass is 15.2. The van der Waals surface area contributed by atoms with Crippen LogP contribution in [0.2, 0.25) is 0 Å². The largest absolute Gasteiger partial charge is 0.361 e. The second-order valence-corrected chi connectivity index (χ2v) is 4.56. The molecular weight excluding hydrogens is 224 g/mol. The fraction of sp³-hybridized carbons (Fsp3) is 0.357. The highest BCUT2D eigenvalue weighted by Gasteiger charge is 2.12. The zero-order valence-electron chi connectivity index (χ0n) is 10.1. The smallest absolute Gasteiger partial charge is 0.271 e. The van der Waals surface area contributed by atoms with Crippen molar-refractivity contribution in [1.29, 1.82) is 0 Å². The van der Waals surface area contributed by atoms with E-state index in [4.69, 9.17) is 6.57 Å². The highest BCUT2D eigenvalue weighted by molar-refractivity contribution is 5.81. The molecule has 0 spiro atoms. The summed E-state index contributed by atoms with van der Waals surface area (Å²) >= 11 is 0. The van der Waals surface area contributed by atoms with Crippen LogP contribution in [-0.4, -0.2) is 23.1 Å². The Bertz CT molecular complexity index is 609. The van der Waals surface area contributed by atoms with Crippen LogP contribution in [0.1, 0.15) is 19.3 Å². The number of anilines is 1. The van der Waals surface area contributed by atoms with Gasteiger partial charge in [-0.2, -0.15) is 0 Å². The minimum absolute atomic E-state index is 0.408. The average Bonchev–Trinajstić information content (AvgIpc) is 2.47. The van der Waals surface area contributed by atoms with E-state index < -0.39 is 0 Å². The molecule has 2 aromatic rings. The molecule has 4 heteroatoms. The Morgan fingerprint density at radius 3 is 2.78 bits per heavy atom. The molecule has 0 unspecified atom stereocenters. The summed E-state index contributed by atoms with van der Waals surface area (Å²) in [6.07, 6.45) is 5.51. The van der Waals surface area contributed by atoms with Crippen molar-refractivity contribution in [2.45, 2.75) is 19.3 Å². The van der Waals surface area contributed by atoms with E-state index in [1.165, 1.54) is 19.3 Å². The molecule has 90 valence electrons. The molecule has 1 aliphatic rings. The van der Waals surface area contributed by atoms with Crippen LogP contribution < -0.4 is 4.90 Å². The average molecular weight is 238 g/mol. The predicted molar refractivity (Wildman–Crippen MR) is 71.9 cm³/mol. The van der Waals surface area contributed by atoms with Gasteiger partial charge in [0, 0.05) is 18.5 Å². The molecule has 3 heterocycles. The molecule has 18 heavy (non-hydrogen) atoms. The first-order valence-electron chi connectivity index (χ1n) is 6.26. The second-order valence-electron chi connectivity index (χ2n) is 4.56. The van der Waals surface area contributed by atoms with Gasteiger partial charge in [0.1, 0.15) is 12.0 Å². The lowest BCUT2D eigenvalue weighted by molar-refractivity contribution is 0.574. The van der Waals surface area contributed by atoms with Gasteiger partial charge in [-0.15, -0.1) is 4.98 Å². The standard InChI is InChI=1S/C14H14N4/c1-15-13-9-12-11(10-16-13)5-6-14(17-12)18-7-3-2-4-8-18/h5-6,9-10H,2-4,7-8H2. The van der Waals surface area contributed by atoms with Crippen LogP contribution in [0.3, 0.4) is 0 Å². The SMILES string of the molecule is [C-]#[N+]c1cc2nc(N3CCCCC3)ccc2cn1. The van der Waals surface area contributed by atoms with E-state index in [0.717, 1.165) is 29.8 Å². The molecular formula is C14H14N4. The van der Waals surface area contributed by atoms with E-state index in [1.807, 2.05) is 12.1 Å². The first-order chi connectivity index (χ1) is 8.86. The number of hydrogen-bond acceptors (Lipinski definition) is 3. The molecule has 0 aromatic carbocycles. The van der Waals surface area contributed by atoms with Gasteiger partial charge in [0.15, 0.2) is 0 Å². The molecule has 0 N–H and O–H groups in total. The van der Waals surface area contributed by atoms with Crippen molar-refractivity contribution < 1.29 is 0 Å². The zero-order chi connectivity index (χ0) is 12.4. The van der Waals surface area contributed by atoms with Crippen LogP contribution in [0.25, 0.3) is 15.7 Å². The summed E-state index contributed by atoms with van der Waals surface area (Å²) in [6.45, 7) is 9.16. The Kier molecular flexibility index (Phi) is 2.81. The van der Waals surface area contributed by atoms with Gasteiger partial charge < -0.3 is 9.74 Å². The fourth-order valence-corrected chi connectivity index (χ4v) is 2.36. The lowest BCUT2D eigenvalue weighted by Gasteiger charge is -2.27. The number of rotatable bonds is 1. The summed E-state index contributed by atoms with van der Waals surface area (Å²) in [6, 6.07) is 5.84. The maximum absolute atomic E-state index is 6.99. The molecule has 0 aliphatic carbocycles. The second kappa shape index (κ2) is 4.61. The Morgan fingerprint density at radius 1 is 1.17 bits per heavy atom. The van der Waals surface area contributed by atoms with Gasteiger partial charge in [-0.3, -0.25) is 0 Å². The van der Waals surface area contributed by atoms with Gasteiger partial charge in [-0.25, -0.2) is 4.98 Å². The summed E-state index contributed by atoms with van der Waals surface area (Å²) in [5.74, 6) is 1.43. The minimum atomic E-state index is 0.408. The number of piperidine rings is 1. The fourth-order valence-electron chi connectivity index (χ4n) is 2.36. The van der Waals surface area contributed by atoms with Gasteiger partial charge >= 0.3 is 0 Å². The topological polar surface area (TPSA) is 33.4 Å². The van der Waals surface area contributed by atoms with Crippen LogP contribution in [0.15, 0.2) is 24.4 Å². The molecule has 2 aromatic heterocycles. The molecule has 1 fully saturated rings. The highest BCUT2D eigenvalue weighted by Crippen LogP contribution is 2.22. The number of nitrogens with zero attached hydrogens (tertiary/aromatic N) is 4. The third-order valence-corrected chi connectivity index (χ3v) is 3.34. The third-order valence-electron chi connectivity index (χ3n) is 3.34. The van der Waals surface area contributed by atoms with E-state index >= 15 is 0 Å². The Morgan fingerprint density at radius 2 is 2.00 bits per heavy atom. The van der Waals surface area contributed by atoms with E-state index in [2.05, 4.69) is 19.7 Å². The van der Waals surface area contributed by atoms with Crippen LogP contribution in [-0.2, 0) is 0 Å². The summed E-state index contributed by atoms with van der Waals surface area (Å²) in [7, 11) is 0. The van der Waals surface area contributed by atoms with Crippen molar-refractivity contribution >= 4 is 22.5 Å². The predicted octanol–water partition coefficient (Wildman–Crippen LogP) is 3.17. The molecule has 0 amide bonds. The first-order valence-corrected chi connectivity index (χ1v) is 6.26. The van der Waals surface area contributed by atoms with E-state index in [-0.39, 0.29) is 0 Å². The lowest BCUT2D eigenvalue weighted by Crippen LogP contribution is -2.30. The van der Waals surface area contributed by atoms with Crippen molar-refractivity contribution in [1.82, 2.24) is 9.97 Å². The van der Waals surface area contributed by atoms with Gasteiger partial charge in [0.05, 0.1) is 5.52 Å². The summed E-state index contributed by atoms with van der Waals surface area (Å²) < 4.78 is 0. The van der Waals surface area contributed by atoms with E-state index in [9.17, 15) is 0 Å². The maximum Gasteiger partial charge on any atom is 0.271 e. The number of hydrogen-bond donors (Lipinski definition) is 0. The zero-order valence-corrected chi connectivity index (χ0v) is 10.1. The third kappa shape index (κ3) is 2.00. The number of aromatic nitrogens is 2. The van der Waals surface area contributed by atoms with Gasteiger partial charge in [0.25, 0.3) is 5.82 Å². The summed E-state index contributed by atoms with van der Waals surface area (Å²) in [5, 5.41) is 0.989. The molecule has 4 nitrogen and oxygen atoms in total. The number of pyridine rings is 2. The van der Waals surface area contributed by atoms with Crippen LogP contribution in [0.4, 0.5) is 11.6 Å². The van der Waals surface area contributed by atoms with Crippen molar-refractivity contribution in [3.63, 3.8) is 0 Å². The summed E-state index contributed by atoms with van der Waals surface area (Å²) in [5.41, 5.74) is 0.860. The molecule has 0 bridgehead atoms. The van der Waals surface area contributed by atoms with E-state index in [0.29, 0.717) is 5.82 Å². The Labute approximate surface area is 106 Å². The first kappa shape index (κ1) is 11.0. The number of fused-ring (bicyclic) bond motifs is 1. The maximum atomic E-state index is 6.99. The Hall–Kier alpha value is -2.15. The molecule has 1 aliphatic heterocycles. The van der Waals surface area contributed by atoms with Crippen molar-refractivity contribution in [3.8, 4) is 0 Å². The van der Waals surface area contributed by atoms with Crippen LogP contribution >= 0.6 is 0 Å². The molecule has 0 radical (unpaired) electrons. The molecule has 0 saturated carbocycles. The van der Waals surface area contributed by atoms with Crippen molar-refractivity contribution in [2.24, 2.45) is 0 Å². The van der Waals surface area contributed by atoms with Crippen LogP contribution in [0, 0.1) is 6.57 Å². The van der Waals surface area contributed by atoms with Gasteiger partial charge in [-0.05, 0) is 37.5 Å². The lowest BCUT2D eigenvalue weighted by atomic mass is 10.1. The quantitative estimate of drug-likeness (QED) is 0.715. The molecule has 0 atom stereocenters. The molecule has 1 saturated heterocycles.